The number of aliphatic hydroxyl groups is 1. The lowest BCUT2D eigenvalue weighted by Gasteiger charge is -2.34. The van der Waals surface area contributed by atoms with Crippen LogP contribution < -0.4 is 0 Å². The van der Waals surface area contributed by atoms with Crippen LogP contribution in [0, 0.1) is 5.92 Å². The highest BCUT2D eigenvalue weighted by atomic mass is 19.1. The maximum absolute atomic E-state index is 13.8. The molecule has 0 aromatic heterocycles. The molecule has 0 aromatic rings. The van der Waals surface area contributed by atoms with Gasteiger partial charge in [-0.05, 0) is 52.4 Å². The van der Waals surface area contributed by atoms with Gasteiger partial charge >= 0.3 is 6.09 Å². The minimum Gasteiger partial charge on any atom is -0.444 e. The van der Waals surface area contributed by atoms with Crippen LogP contribution in [-0.2, 0) is 4.74 Å². The summed E-state index contributed by atoms with van der Waals surface area (Å²) in [4.78, 5) is 13.5. The van der Waals surface area contributed by atoms with Crippen LogP contribution in [-0.4, -0.2) is 47.6 Å². The van der Waals surface area contributed by atoms with Crippen molar-refractivity contribution >= 4 is 6.09 Å². The van der Waals surface area contributed by atoms with Crippen LogP contribution in [0.5, 0.6) is 0 Å². The van der Waals surface area contributed by atoms with E-state index in [1.54, 1.807) is 4.90 Å². The highest BCUT2D eigenvalue weighted by Gasteiger charge is 2.30. The highest BCUT2D eigenvalue weighted by molar-refractivity contribution is 5.68. The molecule has 1 saturated heterocycles. The summed E-state index contributed by atoms with van der Waals surface area (Å²) in [6, 6.07) is 0. The molecular formula is C14H26FNO3. The molecule has 1 heterocycles. The van der Waals surface area contributed by atoms with Crippen LogP contribution >= 0.6 is 0 Å². The summed E-state index contributed by atoms with van der Waals surface area (Å²) in [6.07, 6.45) is 1.09. The van der Waals surface area contributed by atoms with Gasteiger partial charge in [0.05, 0.1) is 0 Å². The predicted molar refractivity (Wildman–Crippen MR) is 71.7 cm³/mol. The number of carbonyl (C=O) groups excluding carboxylic acids is 1. The van der Waals surface area contributed by atoms with Crippen LogP contribution in [0.25, 0.3) is 0 Å². The summed E-state index contributed by atoms with van der Waals surface area (Å²) >= 11 is 0. The minimum atomic E-state index is -0.868. The fourth-order valence-corrected chi connectivity index (χ4v) is 2.29. The topological polar surface area (TPSA) is 49.8 Å². The first-order valence-corrected chi connectivity index (χ1v) is 7.06. The lowest BCUT2D eigenvalue weighted by Crippen LogP contribution is -2.43. The molecule has 1 N–H and O–H groups in total. The van der Waals surface area contributed by atoms with E-state index in [1.807, 2.05) is 20.8 Å². The zero-order valence-electron chi connectivity index (χ0n) is 12.2. The Bertz CT molecular complexity index is 283. The van der Waals surface area contributed by atoms with Gasteiger partial charge in [-0.3, -0.25) is 0 Å². The molecule has 112 valence electrons. The van der Waals surface area contributed by atoms with E-state index in [0.717, 1.165) is 0 Å². The molecule has 1 aliphatic heterocycles. The Morgan fingerprint density at radius 2 is 2.00 bits per heavy atom. The van der Waals surface area contributed by atoms with E-state index in [4.69, 9.17) is 9.84 Å². The normalized spacial score (nSPS) is 19.3. The molecule has 0 spiro atoms. The number of alkyl halides is 1. The second-order valence-corrected chi connectivity index (χ2v) is 6.19. The van der Waals surface area contributed by atoms with Gasteiger partial charge in [-0.25, -0.2) is 9.18 Å². The van der Waals surface area contributed by atoms with Gasteiger partial charge < -0.3 is 14.7 Å². The van der Waals surface area contributed by atoms with E-state index >= 15 is 0 Å². The summed E-state index contributed by atoms with van der Waals surface area (Å²) < 4.78 is 19.1. The van der Waals surface area contributed by atoms with Crippen LogP contribution in [0.2, 0.25) is 0 Å². The van der Waals surface area contributed by atoms with E-state index in [9.17, 15) is 9.18 Å². The molecule has 5 heteroatoms. The molecule has 4 nitrogen and oxygen atoms in total. The summed E-state index contributed by atoms with van der Waals surface area (Å²) in [6.45, 7) is 6.66. The number of amides is 1. The van der Waals surface area contributed by atoms with Gasteiger partial charge in [0.15, 0.2) is 0 Å². The highest BCUT2D eigenvalue weighted by Crippen LogP contribution is 2.26. The zero-order valence-corrected chi connectivity index (χ0v) is 12.2. The predicted octanol–water partition coefficient (Wildman–Crippen LogP) is 2.74. The molecule has 0 radical (unpaired) electrons. The quantitative estimate of drug-likeness (QED) is 0.858. The average Bonchev–Trinajstić information content (AvgIpc) is 2.34. The largest absolute Gasteiger partial charge is 0.444 e. The fourth-order valence-electron chi connectivity index (χ4n) is 2.29. The Labute approximate surface area is 114 Å². The number of hydrogen-bond acceptors (Lipinski definition) is 3. The maximum Gasteiger partial charge on any atom is 0.410 e. The number of nitrogens with zero attached hydrogens (tertiary/aromatic N) is 1. The Balaban J connectivity index is 2.34. The number of aliphatic hydroxyl groups excluding tert-OH is 1. The van der Waals surface area contributed by atoms with Gasteiger partial charge in [-0.2, -0.15) is 0 Å². The third kappa shape index (κ3) is 5.76. The summed E-state index contributed by atoms with van der Waals surface area (Å²) in [5.41, 5.74) is -0.488. The van der Waals surface area contributed by atoms with E-state index in [-0.39, 0.29) is 18.6 Å². The van der Waals surface area contributed by atoms with E-state index in [1.165, 1.54) is 0 Å². The average molecular weight is 275 g/mol. The van der Waals surface area contributed by atoms with Gasteiger partial charge in [0, 0.05) is 19.7 Å². The molecule has 0 saturated carbocycles. The van der Waals surface area contributed by atoms with Gasteiger partial charge in [0.2, 0.25) is 0 Å². The molecule has 1 rings (SSSR count). The Morgan fingerprint density at radius 3 is 2.47 bits per heavy atom. The Morgan fingerprint density at radius 1 is 1.42 bits per heavy atom. The van der Waals surface area contributed by atoms with E-state index in [2.05, 4.69) is 0 Å². The van der Waals surface area contributed by atoms with Crippen molar-refractivity contribution in [3.8, 4) is 0 Å². The van der Waals surface area contributed by atoms with Crippen molar-refractivity contribution in [2.24, 2.45) is 5.92 Å². The number of carbonyl (C=O) groups is 1. The summed E-state index contributed by atoms with van der Waals surface area (Å²) in [5, 5.41) is 8.70. The van der Waals surface area contributed by atoms with Crippen molar-refractivity contribution < 1.29 is 19.0 Å². The lowest BCUT2D eigenvalue weighted by atomic mass is 9.90. The number of halogens is 1. The van der Waals surface area contributed by atoms with Crippen LogP contribution in [0.3, 0.4) is 0 Å². The molecule has 0 aliphatic carbocycles. The van der Waals surface area contributed by atoms with Crippen LogP contribution in [0.4, 0.5) is 9.18 Å². The molecular weight excluding hydrogens is 249 g/mol. The molecule has 1 amide bonds. The van der Waals surface area contributed by atoms with Gasteiger partial charge in [-0.15, -0.1) is 0 Å². The van der Waals surface area contributed by atoms with Crippen LogP contribution in [0.15, 0.2) is 0 Å². The second kappa shape index (κ2) is 7.08. The third-order valence-corrected chi connectivity index (χ3v) is 3.34. The molecule has 1 fully saturated rings. The Kier molecular flexibility index (Phi) is 6.04. The summed E-state index contributed by atoms with van der Waals surface area (Å²) in [5.74, 6) is 0.00485. The smallest absolute Gasteiger partial charge is 0.410 e. The minimum absolute atomic E-state index is 0.00485. The van der Waals surface area contributed by atoms with Gasteiger partial charge in [0.1, 0.15) is 11.8 Å². The van der Waals surface area contributed by atoms with E-state index in [0.29, 0.717) is 38.8 Å². The lowest BCUT2D eigenvalue weighted by molar-refractivity contribution is 0.0139. The molecule has 0 aromatic carbocycles. The first kappa shape index (κ1) is 16.2. The number of likely N-dealkylation sites (tertiary alicyclic amines) is 1. The SMILES string of the molecule is CC(C)(C)OC(=O)N1CCC(C(F)CCCO)CC1. The fraction of sp³-hybridized carbons (Fsp3) is 0.929. The maximum atomic E-state index is 13.8. The van der Waals surface area contributed by atoms with Gasteiger partial charge in [-0.1, -0.05) is 0 Å². The van der Waals surface area contributed by atoms with E-state index < -0.39 is 11.8 Å². The number of piperidine rings is 1. The number of hydrogen-bond donors (Lipinski definition) is 1. The number of ether oxygens (including phenoxy) is 1. The molecule has 0 bridgehead atoms. The summed E-state index contributed by atoms with van der Waals surface area (Å²) in [7, 11) is 0. The molecule has 1 unspecified atom stereocenters. The Hall–Kier alpha value is -0.840. The second-order valence-electron chi connectivity index (χ2n) is 6.19. The first-order valence-electron chi connectivity index (χ1n) is 7.06. The van der Waals surface area contributed by atoms with Crippen LogP contribution in [0.1, 0.15) is 46.5 Å². The standard InChI is InChI=1S/C14H26FNO3/c1-14(2,3)19-13(18)16-8-6-11(7-9-16)12(15)5-4-10-17/h11-12,17H,4-10H2,1-3H3. The third-order valence-electron chi connectivity index (χ3n) is 3.34. The first-order chi connectivity index (χ1) is 8.83. The van der Waals surface area contributed by atoms with Crippen molar-refractivity contribution in [2.75, 3.05) is 19.7 Å². The monoisotopic (exact) mass is 275 g/mol. The van der Waals surface area contributed by atoms with Crippen molar-refractivity contribution in [1.29, 1.82) is 0 Å². The van der Waals surface area contributed by atoms with Crippen molar-refractivity contribution in [3.05, 3.63) is 0 Å². The zero-order chi connectivity index (χ0) is 14.5. The molecule has 1 atom stereocenters. The van der Waals surface area contributed by atoms with Crippen molar-refractivity contribution in [2.45, 2.75) is 58.2 Å². The van der Waals surface area contributed by atoms with Gasteiger partial charge in [0.25, 0.3) is 0 Å². The van der Waals surface area contributed by atoms with Crippen molar-refractivity contribution in [1.82, 2.24) is 4.90 Å². The molecule has 19 heavy (non-hydrogen) atoms. The number of rotatable bonds is 4. The molecule has 1 aliphatic rings. The van der Waals surface area contributed by atoms with Crippen molar-refractivity contribution in [3.63, 3.8) is 0 Å².